The number of pyridine rings is 1. The van der Waals surface area contributed by atoms with Crippen LogP contribution in [0.1, 0.15) is 83.3 Å². The van der Waals surface area contributed by atoms with E-state index in [9.17, 15) is 9.59 Å². The molecule has 1 saturated carbocycles. The minimum atomic E-state index is -2.12. The average Bonchev–Trinajstić information content (AvgIpc) is 3.24. The molecule has 3 aliphatic rings. The smallest absolute Gasteiger partial charge is 0.254 e. The quantitative estimate of drug-likeness (QED) is 0.623. The third-order valence-electron chi connectivity index (χ3n) is 8.51. The van der Waals surface area contributed by atoms with Gasteiger partial charge in [0.25, 0.3) is 11.5 Å². The van der Waals surface area contributed by atoms with Gasteiger partial charge in [0.05, 0.1) is 17.1 Å². The molecule has 1 unspecified atom stereocenters. The number of rotatable bonds is 4. The maximum atomic E-state index is 14.0. The van der Waals surface area contributed by atoms with E-state index in [1.165, 1.54) is 4.90 Å². The van der Waals surface area contributed by atoms with Crippen LogP contribution in [0.3, 0.4) is 0 Å². The normalized spacial score (nSPS) is 29.5. The lowest BCUT2D eigenvalue weighted by molar-refractivity contribution is 0.0158. The molecule has 6 nitrogen and oxygen atoms in total. The number of nitrogens with zero attached hydrogens (tertiary/aromatic N) is 2. The fourth-order valence-electron chi connectivity index (χ4n) is 6.38. The number of amides is 1. The first kappa shape index (κ1) is 19.8. The van der Waals surface area contributed by atoms with Gasteiger partial charge in [-0.25, -0.2) is 0 Å². The molecule has 1 aromatic carbocycles. The third-order valence-corrected chi connectivity index (χ3v) is 8.96. The first-order valence-electron chi connectivity index (χ1n) is 15.2. The summed E-state index contributed by atoms with van der Waals surface area (Å²) in [6.45, 7) is 3.11. The fourth-order valence-corrected chi connectivity index (χ4v) is 6.69. The van der Waals surface area contributed by atoms with E-state index in [4.69, 9.17) is 23.2 Å². The third kappa shape index (κ3) is 4.16. The van der Waals surface area contributed by atoms with Crippen LogP contribution in [0.2, 0.25) is 5.02 Å². The molecule has 1 amide bonds. The van der Waals surface area contributed by atoms with Crippen LogP contribution >= 0.6 is 11.6 Å². The summed E-state index contributed by atoms with van der Waals surface area (Å²) in [5.41, 5.74) is 3.11. The molecule has 194 valence electrons. The Morgan fingerprint density at radius 2 is 1.97 bits per heavy atom. The van der Waals surface area contributed by atoms with Crippen LogP contribution < -0.4 is 10.3 Å². The first-order valence-corrected chi connectivity index (χ1v) is 13.1. The van der Waals surface area contributed by atoms with Crippen molar-refractivity contribution in [2.75, 3.05) is 20.5 Å². The minimum absolute atomic E-state index is 0.0148. The van der Waals surface area contributed by atoms with Crippen LogP contribution in [0.25, 0.3) is 0 Å². The number of carbonyl (C=O) groups excluding carboxylic acids is 1. The Hall–Kier alpha value is -2.31. The van der Waals surface area contributed by atoms with Gasteiger partial charge in [-0.3, -0.25) is 9.59 Å². The second-order valence-corrected chi connectivity index (χ2v) is 11.4. The lowest BCUT2D eigenvalue weighted by Gasteiger charge is -2.40. The maximum Gasteiger partial charge on any atom is 0.254 e. The summed E-state index contributed by atoms with van der Waals surface area (Å²) in [6, 6.07) is 1.80. The van der Waals surface area contributed by atoms with Gasteiger partial charge in [0, 0.05) is 48.2 Å². The zero-order valence-corrected chi connectivity index (χ0v) is 22.4. The van der Waals surface area contributed by atoms with Crippen molar-refractivity contribution in [3.05, 3.63) is 60.5 Å². The Morgan fingerprint density at radius 3 is 2.64 bits per heavy atom. The lowest BCUT2D eigenvalue weighted by atomic mass is 9.74. The van der Waals surface area contributed by atoms with Crippen molar-refractivity contribution in [3.8, 4) is 5.75 Å². The average molecular weight is 517 g/mol. The number of aromatic nitrogens is 1. The first-order chi connectivity index (χ1) is 18.9. The Kier molecular flexibility index (Phi) is 5.06. The molecular formula is C29H38ClN3O3. The molecule has 3 heterocycles. The number of carbonyl (C=O) groups is 1. The molecule has 1 aliphatic carbocycles. The molecule has 0 saturated heterocycles. The standard InChI is InChI=1S/C29H38ClN3O3/c1-16-13-17(2)31-27(34)23(16)15-33-12-11-21-24(28(33)35)18(3)26-22(25(21)30)14-29(4,36-26)19-7-9-20(10-8-19)32(5)6/h13,19-20H,7-12,14-15H2,1-6H3,(H,31,34)/i5D3,12D2. The molecule has 7 heteroatoms. The predicted molar refractivity (Wildman–Crippen MR) is 143 cm³/mol. The second-order valence-electron chi connectivity index (χ2n) is 11.0. The number of halogens is 1. The highest BCUT2D eigenvalue weighted by molar-refractivity contribution is 6.33. The number of hydrogen-bond donors (Lipinski definition) is 1. The van der Waals surface area contributed by atoms with E-state index in [0.717, 1.165) is 36.1 Å². The van der Waals surface area contributed by atoms with Crippen molar-refractivity contribution in [2.45, 2.75) is 84.4 Å². The zero-order chi connectivity index (χ0) is 30.2. The molecule has 1 atom stereocenters. The van der Waals surface area contributed by atoms with E-state index in [2.05, 4.69) is 11.9 Å². The molecule has 36 heavy (non-hydrogen) atoms. The molecule has 2 aliphatic heterocycles. The van der Waals surface area contributed by atoms with Crippen LogP contribution in [0.4, 0.5) is 0 Å². The summed E-state index contributed by atoms with van der Waals surface area (Å²) in [5.74, 6) is 0.250. The van der Waals surface area contributed by atoms with Crippen molar-refractivity contribution in [2.24, 2.45) is 5.92 Å². The van der Waals surface area contributed by atoms with E-state index >= 15 is 0 Å². The van der Waals surface area contributed by atoms with Gasteiger partial charge in [-0.05, 0) is 96.9 Å². The SMILES string of the molecule is [2H]C([2H])([2H])N(C)C1CCC(C2(C)Cc3c(Cl)c4c(c(C)c3O2)C(=O)N(Cc2c(C)cc(C)[nH]c2=O)C([2H])([2H])C4)CC1. The number of H-pyrrole nitrogens is 1. The largest absolute Gasteiger partial charge is 0.486 e. The summed E-state index contributed by atoms with van der Waals surface area (Å²) < 4.78 is 47.5. The van der Waals surface area contributed by atoms with E-state index < -0.39 is 25.0 Å². The summed E-state index contributed by atoms with van der Waals surface area (Å²) in [5, 5.41) is 0.376. The molecule has 2 aromatic rings. The molecule has 0 radical (unpaired) electrons. The van der Waals surface area contributed by atoms with Gasteiger partial charge in [-0.1, -0.05) is 11.6 Å². The Bertz CT molecular complexity index is 1470. The Labute approximate surface area is 226 Å². The number of benzene rings is 1. The van der Waals surface area contributed by atoms with Crippen LogP contribution in [-0.4, -0.2) is 52.9 Å². The summed E-state index contributed by atoms with van der Waals surface area (Å²) >= 11 is 6.95. The van der Waals surface area contributed by atoms with Gasteiger partial charge in [0.15, 0.2) is 0 Å². The van der Waals surface area contributed by atoms with Gasteiger partial charge in [0.2, 0.25) is 0 Å². The zero-order valence-electron chi connectivity index (χ0n) is 26.7. The number of aryl methyl sites for hydroxylation is 2. The van der Waals surface area contributed by atoms with E-state index in [0.29, 0.717) is 50.7 Å². The van der Waals surface area contributed by atoms with Crippen molar-refractivity contribution < 1.29 is 16.4 Å². The van der Waals surface area contributed by atoms with E-state index in [1.54, 1.807) is 20.9 Å². The fraction of sp³-hybridized carbons (Fsp3) is 0.586. The van der Waals surface area contributed by atoms with E-state index in [-0.39, 0.29) is 30.5 Å². The van der Waals surface area contributed by atoms with Gasteiger partial charge in [-0.15, -0.1) is 0 Å². The molecule has 0 bridgehead atoms. The lowest BCUT2D eigenvalue weighted by Crippen LogP contribution is -2.44. The predicted octanol–water partition coefficient (Wildman–Crippen LogP) is 4.97. The van der Waals surface area contributed by atoms with Crippen molar-refractivity contribution in [3.63, 3.8) is 0 Å². The second kappa shape index (κ2) is 9.21. The summed E-state index contributed by atoms with van der Waals surface area (Å²) in [7, 11) is 1.66. The van der Waals surface area contributed by atoms with Crippen molar-refractivity contribution in [1.29, 1.82) is 0 Å². The van der Waals surface area contributed by atoms with Gasteiger partial charge >= 0.3 is 0 Å². The molecular weight excluding hydrogens is 474 g/mol. The van der Waals surface area contributed by atoms with Gasteiger partial charge in [-0.2, -0.15) is 0 Å². The number of nitrogens with one attached hydrogen (secondary N) is 1. The highest BCUT2D eigenvalue weighted by atomic mass is 35.5. The maximum absolute atomic E-state index is 14.0. The Balaban J connectivity index is 1.44. The monoisotopic (exact) mass is 516 g/mol. The number of aromatic amines is 1. The topological polar surface area (TPSA) is 65.6 Å². The van der Waals surface area contributed by atoms with Crippen LogP contribution in [0.5, 0.6) is 5.75 Å². The highest BCUT2D eigenvalue weighted by Crippen LogP contribution is 2.50. The van der Waals surface area contributed by atoms with E-state index in [1.807, 2.05) is 13.0 Å². The number of hydrogen-bond acceptors (Lipinski definition) is 4. The van der Waals surface area contributed by atoms with Crippen LogP contribution in [0.15, 0.2) is 10.9 Å². The summed E-state index contributed by atoms with van der Waals surface area (Å²) in [4.78, 5) is 32.0. The number of fused-ring (bicyclic) bond motifs is 2. The number of ether oxygens (including phenoxy) is 1. The molecule has 1 aromatic heterocycles. The van der Waals surface area contributed by atoms with Crippen molar-refractivity contribution in [1.82, 2.24) is 14.8 Å². The van der Waals surface area contributed by atoms with Crippen molar-refractivity contribution >= 4 is 17.5 Å². The molecule has 5 rings (SSSR count). The summed E-state index contributed by atoms with van der Waals surface area (Å²) in [6.07, 6.45) is 3.58. The van der Waals surface area contributed by atoms with Gasteiger partial charge in [0.1, 0.15) is 11.4 Å². The molecule has 1 fully saturated rings. The van der Waals surface area contributed by atoms with Crippen LogP contribution in [0, 0.1) is 26.7 Å². The van der Waals surface area contributed by atoms with Gasteiger partial charge < -0.3 is 19.5 Å². The molecule has 0 spiro atoms. The molecule has 1 N–H and O–H groups in total. The Morgan fingerprint density at radius 1 is 1.25 bits per heavy atom. The highest BCUT2D eigenvalue weighted by Gasteiger charge is 2.46. The van der Waals surface area contributed by atoms with Crippen LogP contribution in [-0.2, 0) is 19.4 Å². The minimum Gasteiger partial charge on any atom is -0.486 e.